The van der Waals surface area contributed by atoms with Crippen molar-refractivity contribution < 1.29 is 4.74 Å². The molecule has 0 heterocycles. The summed E-state index contributed by atoms with van der Waals surface area (Å²) in [6, 6.07) is 5.63. The standard InChI is InChI=1S/C17H26ClNO/c1-11(2)13-8-7-12(3)9-17(13)20-10-14-15(18)5-4-6-16(14)19/h4-6,11-13,17H,7-10,19H2,1-3H3. The molecule has 2 N–H and O–H groups in total. The van der Waals surface area contributed by atoms with Gasteiger partial charge in [0.25, 0.3) is 0 Å². The molecule has 0 amide bonds. The summed E-state index contributed by atoms with van der Waals surface area (Å²) in [6.07, 6.45) is 4.06. The van der Waals surface area contributed by atoms with Gasteiger partial charge in [-0.25, -0.2) is 0 Å². The summed E-state index contributed by atoms with van der Waals surface area (Å²) < 4.78 is 6.21. The first kappa shape index (κ1) is 15.7. The lowest BCUT2D eigenvalue weighted by atomic mass is 9.75. The van der Waals surface area contributed by atoms with Crippen LogP contribution in [-0.4, -0.2) is 6.10 Å². The van der Waals surface area contributed by atoms with Crippen molar-refractivity contribution in [3.05, 3.63) is 28.8 Å². The van der Waals surface area contributed by atoms with Gasteiger partial charge in [-0.2, -0.15) is 0 Å². The first-order valence-corrected chi connectivity index (χ1v) is 8.01. The number of hydrogen-bond acceptors (Lipinski definition) is 2. The molecular weight excluding hydrogens is 270 g/mol. The number of nitrogen functional groups attached to an aromatic ring is 1. The Labute approximate surface area is 127 Å². The number of benzene rings is 1. The molecule has 1 saturated carbocycles. The number of halogens is 1. The van der Waals surface area contributed by atoms with Crippen molar-refractivity contribution in [2.24, 2.45) is 17.8 Å². The molecule has 0 radical (unpaired) electrons. The summed E-state index contributed by atoms with van der Waals surface area (Å²) >= 11 is 6.21. The normalized spacial score (nSPS) is 26.9. The second-order valence-electron chi connectivity index (χ2n) is 6.48. The largest absolute Gasteiger partial charge is 0.398 e. The monoisotopic (exact) mass is 295 g/mol. The maximum atomic E-state index is 6.21. The topological polar surface area (TPSA) is 35.2 Å². The minimum absolute atomic E-state index is 0.328. The van der Waals surface area contributed by atoms with E-state index in [1.807, 2.05) is 18.2 Å². The molecule has 112 valence electrons. The van der Waals surface area contributed by atoms with E-state index in [0.29, 0.717) is 29.6 Å². The van der Waals surface area contributed by atoms with Crippen molar-refractivity contribution in [1.82, 2.24) is 0 Å². The second-order valence-corrected chi connectivity index (χ2v) is 6.89. The van der Waals surface area contributed by atoms with Crippen molar-refractivity contribution >= 4 is 17.3 Å². The van der Waals surface area contributed by atoms with Gasteiger partial charge in [-0.05, 0) is 42.7 Å². The Hall–Kier alpha value is -0.730. The van der Waals surface area contributed by atoms with E-state index in [9.17, 15) is 0 Å². The number of rotatable bonds is 4. The summed E-state index contributed by atoms with van der Waals surface area (Å²) in [5, 5.41) is 0.704. The van der Waals surface area contributed by atoms with Crippen molar-refractivity contribution in [1.29, 1.82) is 0 Å². The highest BCUT2D eigenvalue weighted by Gasteiger charge is 2.31. The van der Waals surface area contributed by atoms with Gasteiger partial charge in [0.1, 0.15) is 0 Å². The predicted molar refractivity (Wildman–Crippen MR) is 85.8 cm³/mol. The Morgan fingerprint density at radius 2 is 2.10 bits per heavy atom. The summed E-state index contributed by atoms with van der Waals surface area (Å²) in [7, 11) is 0. The average Bonchev–Trinajstić information content (AvgIpc) is 2.37. The van der Waals surface area contributed by atoms with Crippen LogP contribution >= 0.6 is 11.6 Å². The Kier molecular flexibility index (Phi) is 5.34. The Balaban J connectivity index is 2.04. The van der Waals surface area contributed by atoms with E-state index in [1.165, 1.54) is 12.8 Å². The van der Waals surface area contributed by atoms with Gasteiger partial charge >= 0.3 is 0 Å². The molecule has 2 rings (SSSR count). The van der Waals surface area contributed by atoms with E-state index in [2.05, 4.69) is 20.8 Å². The molecule has 0 aromatic heterocycles. The molecule has 1 fully saturated rings. The fourth-order valence-corrected chi connectivity index (χ4v) is 3.46. The highest BCUT2D eigenvalue weighted by atomic mass is 35.5. The fraction of sp³-hybridized carbons (Fsp3) is 0.647. The van der Waals surface area contributed by atoms with Gasteiger partial charge in [0.2, 0.25) is 0 Å². The van der Waals surface area contributed by atoms with Gasteiger partial charge in [0.15, 0.2) is 0 Å². The van der Waals surface area contributed by atoms with E-state index < -0.39 is 0 Å². The van der Waals surface area contributed by atoms with Gasteiger partial charge in [-0.1, -0.05) is 44.9 Å². The Bertz CT molecular complexity index is 426. The second kappa shape index (κ2) is 6.82. The van der Waals surface area contributed by atoms with Crippen LogP contribution in [0.4, 0.5) is 5.69 Å². The quantitative estimate of drug-likeness (QED) is 0.802. The van der Waals surface area contributed by atoms with Gasteiger partial charge < -0.3 is 10.5 Å². The molecular formula is C17H26ClNO. The molecule has 0 aliphatic heterocycles. The maximum Gasteiger partial charge on any atom is 0.0755 e. The van der Waals surface area contributed by atoms with E-state index in [0.717, 1.165) is 23.6 Å². The molecule has 20 heavy (non-hydrogen) atoms. The summed E-state index contributed by atoms with van der Waals surface area (Å²) in [5.74, 6) is 2.06. The van der Waals surface area contributed by atoms with Crippen LogP contribution < -0.4 is 5.73 Å². The predicted octanol–water partition coefficient (Wildman–Crippen LogP) is 4.90. The molecule has 0 spiro atoms. The first-order chi connectivity index (χ1) is 9.49. The highest BCUT2D eigenvalue weighted by Crippen LogP contribution is 2.36. The van der Waals surface area contributed by atoms with Crippen LogP contribution in [0.2, 0.25) is 5.02 Å². The van der Waals surface area contributed by atoms with Gasteiger partial charge in [0.05, 0.1) is 12.7 Å². The zero-order valence-electron chi connectivity index (χ0n) is 12.7. The number of ether oxygens (including phenoxy) is 1. The lowest BCUT2D eigenvalue weighted by Gasteiger charge is -2.37. The van der Waals surface area contributed by atoms with E-state index in [4.69, 9.17) is 22.1 Å². The van der Waals surface area contributed by atoms with Crippen LogP contribution in [0.15, 0.2) is 18.2 Å². The third-order valence-corrected chi connectivity index (χ3v) is 4.91. The maximum absolute atomic E-state index is 6.21. The van der Waals surface area contributed by atoms with Crippen LogP contribution in [0.1, 0.15) is 45.6 Å². The average molecular weight is 296 g/mol. The first-order valence-electron chi connectivity index (χ1n) is 7.63. The van der Waals surface area contributed by atoms with Crippen LogP contribution in [0.3, 0.4) is 0 Å². The van der Waals surface area contributed by atoms with Crippen molar-refractivity contribution in [3.63, 3.8) is 0 Å². The lowest BCUT2D eigenvalue weighted by Crippen LogP contribution is -2.34. The molecule has 1 aromatic rings. The van der Waals surface area contributed by atoms with Crippen molar-refractivity contribution in [2.45, 2.75) is 52.7 Å². The Morgan fingerprint density at radius 1 is 1.35 bits per heavy atom. The molecule has 1 aliphatic rings. The zero-order chi connectivity index (χ0) is 14.7. The summed E-state index contributed by atoms with van der Waals surface area (Å²) in [4.78, 5) is 0. The Morgan fingerprint density at radius 3 is 2.75 bits per heavy atom. The minimum atomic E-state index is 0.328. The minimum Gasteiger partial charge on any atom is -0.398 e. The van der Waals surface area contributed by atoms with Gasteiger partial charge in [-0.15, -0.1) is 0 Å². The van der Waals surface area contributed by atoms with E-state index in [-0.39, 0.29) is 0 Å². The van der Waals surface area contributed by atoms with Gasteiger partial charge in [0, 0.05) is 16.3 Å². The SMILES string of the molecule is CC1CCC(C(C)C)C(OCc2c(N)cccc2Cl)C1. The molecule has 0 bridgehead atoms. The molecule has 1 aromatic carbocycles. The third kappa shape index (κ3) is 3.67. The third-order valence-electron chi connectivity index (χ3n) is 4.56. The van der Waals surface area contributed by atoms with Crippen LogP contribution in [0.5, 0.6) is 0 Å². The molecule has 0 saturated heterocycles. The van der Waals surface area contributed by atoms with Crippen LogP contribution in [-0.2, 0) is 11.3 Å². The molecule has 3 unspecified atom stereocenters. The lowest BCUT2D eigenvalue weighted by molar-refractivity contribution is -0.0470. The van der Waals surface area contributed by atoms with Gasteiger partial charge in [-0.3, -0.25) is 0 Å². The zero-order valence-corrected chi connectivity index (χ0v) is 13.5. The number of nitrogens with two attached hydrogens (primary N) is 1. The summed E-state index contributed by atoms with van der Waals surface area (Å²) in [5.41, 5.74) is 7.64. The van der Waals surface area contributed by atoms with E-state index in [1.54, 1.807) is 0 Å². The molecule has 1 aliphatic carbocycles. The van der Waals surface area contributed by atoms with Crippen molar-refractivity contribution in [3.8, 4) is 0 Å². The van der Waals surface area contributed by atoms with Crippen molar-refractivity contribution in [2.75, 3.05) is 5.73 Å². The molecule has 3 atom stereocenters. The highest BCUT2D eigenvalue weighted by molar-refractivity contribution is 6.31. The molecule has 3 heteroatoms. The summed E-state index contributed by atoms with van der Waals surface area (Å²) in [6.45, 7) is 7.42. The van der Waals surface area contributed by atoms with E-state index >= 15 is 0 Å². The van der Waals surface area contributed by atoms with Crippen LogP contribution in [0.25, 0.3) is 0 Å². The van der Waals surface area contributed by atoms with Crippen LogP contribution in [0, 0.1) is 17.8 Å². The smallest absolute Gasteiger partial charge is 0.0755 e. The fourth-order valence-electron chi connectivity index (χ4n) is 3.22. The number of hydrogen-bond donors (Lipinski definition) is 1. The number of anilines is 1. The molecule has 2 nitrogen and oxygen atoms in total.